The summed E-state index contributed by atoms with van der Waals surface area (Å²) in [7, 11) is -7.18. The molecule has 3 nitrogen and oxygen atoms in total. The molecule has 0 aromatic heterocycles. The standard InChI is InChI=1S/C10H30O3Si4.C2H6.CH4/c1-14(2,3)11-16(7,8)13-17(9,10)12-15(4,5)6;1-2;/h1-10H3;1-2H3;1H4. The molecule has 0 aliphatic carbocycles. The second-order valence-electron chi connectivity index (χ2n) is 7.33. The van der Waals surface area contributed by atoms with Crippen LogP contribution >= 0.6 is 0 Å². The normalized spacial score (nSPS) is 13.2. The Morgan fingerprint density at radius 1 is 0.450 bits per heavy atom. The van der Waals surface area contributed by atoms with Crippen molar-refractivity contribution < 1.29 is 12.3 Å². The molecule has 0 aliphatic heterocycles. The van der Waals surface area contributed by atoms with E-state index in [1.165, 1.54) is 0 Å². The van der Waals surface area contributed by atoms with Gasteiger partial charge in [-0.25, -0.2) is 0 Å². The summed E-state index contributed by atoms with van der Waals surface area (Å²) in [5, 5.41) is 0. The van der Waals surface area contributed by atoms with Crippen molar-refractivity contribution >= 4 is 33.8 Å². The summed E-state index contributed by atoms with van der Waals surface area (Å²) in [6.45, 7) is 25.8. The Morgan fingerprint density at radius 3 is 0.800 bits per heavy atom. The van der Waals surface area contributed by atoms with Crippen molar-refractivity contribution in [3.8, 4) is 0 Å². The zero-order valence-corrected chi connectivity index (χ0v) is 19.2. The van der Waals surface area contributed by atoms with E-state index in [1.807, 2.05) is 13.8 Å². The van der Waals surface area contributed by atoms with Crippen molar-refractivity contribution in [3.05, 3.63) is 0 Å². The molecule has 0 aliphatic rings. The van der Waals surface area contributed by atoms with Crippen molar-refractivity contribution in [2.45, 2.75) is 86.7 Å². The van der Waals surface area contributed by atoms with Gasteiger partial charge in [0.25, 0.3) is 0 Å². The molecule has 20 heavy (non-hydrogen) atoms. The van der Waals surface area contributed by atoms with Gasteiger partial charge >= 0.3 is 17.1 Å². The maximum absolute atomic E-state index is 6.28. The van der Waals surface area contributed by atoms with Crippen LogP contribution in [0.4, 0.5) is 0 Å². The lowest BCUT2D eigenvalue weighted by Gasteiger charge is -2.39. The number of hydrogen-bond acceptors (Lipinski definition) is 3. The smallest absolute Gasteiger partial charge is 0.312 e. The van der Waals surface area contributed by atoms with E-state index in [4.69, 9.17) is 12.3 Å². The zero-order chi connectivity index (χ0) is 16.1. The van der Waals surface area contributed by atoms with E-state index in [9.17, 15) is 0 Å². The van der Waals surface area contributed by atoms with E-state index in [1.54, 1.807) is 0 Å². The van der Waals surface area contributed by atoms with E-state index in [0.717, 1.165) is 0 Å². The minimum absolute atomic E-state index is 0. The monoisotopic (exact) mass is 356 g/mol. The SMILES string of the molecule is C.CC.C[Si](C)(C)O[Si](C)(C)O[Si](C)(C)O[Si](C)(C)C. The van der Waals surface area contributed by atoms with Gasteiger partial charge in [-0.1, -0.05) is 21.3 Å². The third kappa shape index (κ3) is 16.8. The summed E-state index contributed by atoms with van der Waals surface area (Å²) in [6.07, 6.45) is 0. The highest BCUT2D eigenvalue weighted by Gasteiger charge is 2.41. The summed E-state index contributed by atoms with van der Waals surface area (Å²) in [6, 6.07) is 0. The second-order valence-corrected chi connectivity index (χ2v) is 23.8. The predicted octanol–water partition coefficient (Wildman–Crippen LogP) is 5.77. The molecule has 0 spiro atoms. The molecule has 0 unspecified atom stereocenters. The van der Waals surface area contributed by atoms with Crippen LogP contribution in [0, 0.1) is 0 Å². The third-order valence-electron chi connectivity index (χ3n) is 1.60. The fraction of sp³-hybridized carbons (Fsp3) is 1.00. The van der Waals surface area contributed by atoms with Gasteiger partial charge in [0, 0.05) is 0 Å². The van der Waals surface area contributed by atoms with Crippen LogP contribution in [-0.4, -0.2) is 33.8 Å². The fourth-order valence-corrected chi connectivity index (χ4v) is 19.7. The zero-order valence-electron chi connectivity index (χ0n) is 15.2. The Kier molecular flexibility index (Phi) is 11.6. The van der Waals surface area contributed by atoms with Gasteiger partial charge in [-0.05, 0) is 65.5 Å². The van der Waals surface area contributed by atoms with E-state index >= 15 is 0 Å². The van der Waals surface area contributed by atoms with Crippen LogP contribution in [0.3, 0.4) is 0 Å². The summed E-state index contributed by atoms with van der Waals surface area (Å²) in [4.78, 5) is 0. The topological polar surface area (TPSA) is 27.7 Å². The highest BCUT2D eigenvalue weighted by Crippen LogP contribution is 2.23. The Balaban J connectivity index is -0.000000916. The van der Waals surface area contributed by atoms with Crippen molar-refractivity contribution in [2.24, 2.45) is 0 Å². The molecule has 0 amide bonds. The molecule has 0 fully saturated rings. The molecular formula is C13H40O3Si4. The highest BCUT2D eigenvalue weighted by atomic mass is 28.5. The van der Waals surface area contributed by atoms with Crippen molar-refractivity contribution in [3.63, 3.8) is 0 Å². The van der Waals surface area contributed by atoms with Crippen molar-refractivity contribution in [2.75, 3.05) is 0 Å². The highest BCUT2D eigenvalue weighted by molar-refractivity contribution is 6.89. The summed E-state index contributed by atoms with van der Waals surface area (Å²) < 4.78 is 18.7. The molecule has 0 rings (SSSR count). The summed E-state index contributed by atoms with van der Waals surface area (Å²) in [5.41, 5.74) is 0. The largest absolute Gasteiger partial charge is 0.437 e. The average Bonchev–Trinajstić information content (AvgIpc) is 1.94. The van der Waals surface area contributed by atoms with Crippen LogP contribution in [0.15, 0.2) is 0 Å². The van der Waals surface area contributed by atoms with Gasteiger partial charge in [0.05, 0.1) is 0 Å². The Morgan fingerprint density at radius 2 is 0.650 bits per heavy atom. The van der Waals surface area contributed by atoms with E-state index in [0.29, 0.717) is 0 Å². The van der Waals surface area contributed by atoms with Gasteiger partial charge in [-0.15, -0.1) is 0 Å². The second kappa shape index (κ2) is 9.01. The fourth-order valence-electron chi connectivity index (χ4n) is 2.11. The van der Waals surface area contributed by atoms with Gasteiger partial charge < -0.3 is 12.3 Å². The molecule has 0 heterocycles. The molecule has 0 aromatic carbocycles. The molecule has 0 radical (unpaired) electrons. The molecule has 0 N–H and O–H groups in total. The van der Waals surface area contributed by atoms with E-state index < -0.39 is 33.8 Å². The van der Waals surface area contributed by atoms with Crippen LogP contribution in [0.1, 0.15) is 21.3 Å². The minimum atomic E-state index is -2.05. The molecule has 126 valence electrons. The molecular weight excluding hydrogens is 316 g/mol. The van der Waals surface area contributed by atoms with Crippen LogP contribution in [0.5, 0.6) is 0 Å². The number of hydrogen-bond donors (Lipinski definition) is 0. The molecule has 0 bridgehead atoms. The lowest BCUT2D eigenvalue weighted by molar-refractivity contribution is 0.331. The maximum Gasteiger partial charge on any atom is 0.312 e. The first-order valence-electron chi connectivity index (χ1n) is 7.22. The van der Waals surface area contributed by atoms with Crippen molar-refractivity contribution in [1.82, 2.24) is 0 Å². The van der Waals surface area contributed by atoms with Crippen LogP contribution in [0.2, 0.25) is 65.5 Å². The molecule has 0 atom stereocenters. The number of rotatable bonds is 6. The van der Waals surface area contributed by atoms with Gasteiger partial charge in [0.1, 0.15) is 0 Å². The Bertz CT molecular complexity index is 229. The third-order valence-corrected chi connectivity index (χ3v) is 14.4. The van der Waals surface area contributed by atoms with Gasteiger partial charge in [0.15, 0.2) is 16.6 Å². The lowest BCUT2D eigenvalue weighted by Crippen LogP contribution is -2.55. The lowest BCUT2D eigenvalue weighted by atomic mass is 11.0. The first-order valence-corrected chi connectivity index (χ1v) is 19.7. The van der Waals surface area contributed by atoms with Gasteiger partial charge in [-0.2, -0.15) is 0 Å². The van der Waals surface area contributed by atoms with Gasteiger partial charge in [0.2, 0.25) is 0 Å². The first kappa shape index (κ1) is 25.7. The minimum Gasteiger partial charge on any atom is -0.437 e. The summed E-state index contributed by atoms with van der Waals surface area (Å²) in [5.74, 6) is 0. The summed E-state index contributed by atoms with van der Waals surface area (Å²) >= 11 is 0. The van der Waals surface area contributed by atoms with Gasteiger partial charge in [-0.3, -0.25) is 0 Å². The quantitative estimate of drug-likeness (QED) is 0.565. The van der Waals surface area contributed by atoms with Crippen LogP contribution < -0.4 is 0 Å². The average molecular weight is 357 g/mol. The van der Waals surface area contributed by atoms with Crippen molar-refractivity contribution in [1.29, 1.82) is 0 Å². The maximum atomic E-state index is 6.28. The molecule has 0 aromatic rings. The van der Waals surface area contributed by atoms with E-state index in [2.05, 4.69) is 65.5 Å². The van der Waals surface area contributed by atoms with Crippen LogP contribution in [0.25, 0.3) is 0 Å². The van der Waals surface area contributed by atoms with E-state index in [-0.39, 0.29) is 7.43 Å². The molecule has 0 saturated carbocycles. The Hall–Kier alpha value is 0.748. The first-order chi connectivity index (χ1) is 8.12. The Labute approximate surface area is 133 Å². The predicted molar refractivity (Wildman–Crippen MR) is 103 cm³/mol. The van der Waals surface area contributed by atoms with Crippen LogP contribution in [-0.2, 0) is 12.3 Å². The molecule has 7 heteroatoms. The molecule has 0 saturated heterocycles.